The number of methoxy groups -OCH3 is 2. The van der Waals surface area contributed by atoms with Gasteiger partial charge >= 0.3 is 0 Å². The van der Waals surface area contributed by atoms with Gasteiger partial charge in [-0.25, -0.2) is 0 Å². The molecule has 31 heavy (non-hydrogen) atoms. The topological polar surface area (TPSA) is 65.8 Å². The van der Waals surface area contributed by atoms with Crippen LogP contribution < -0.4 is 14.4 Å². The number of thioether (sulfide) groups is 1. The summed E-state index contributed by atoms with van der Waals surface area (Å²) < 4.78 is 10.8. The highest BCUT2D eigenvalue weighted by Crippen LogP contribution is 2.45. The molecule has 6 nitrogen and oxygen atoms in total. The van der Waals surface area contributed by atoms with Gasteiger partial charge in [-0.3, -0.25) is 9.69 Å². The molecule has 0 saturated carbocycles. The molecule has 0 bridgehead atoms. The maximum atomic E-state index is 13.2. The summed E-state index contributed by atoms with van der Waals surface area (Å²) in [6, 6.07) is 14.2. The molecule has 0 radical (unpaired) electrons. The minimum Gasteiger partial charge on any atom is -0.497 e. The lowest BCUT2D eigenvalue weighted by Gasteiger charge is -2.42. The van der Waals surface area contributed by atoms with Gasteiger partial charge in [0.1, 0.15) is 11.5 Å². The minimum absolute atomic E-state index is 0.0119. The van der Waals surface area contributed by atoms with Gasteiger partial charge < -0.3 is 14.4 Å². The van der Waals surface area contributed by atoms with E-state index in [1.165, 1.54) is 22.9 Å². The predicted octanol–water partition coefficient (Wildman–Crippen LogP) is 4.54. The third-order valence-electron chi connectivity index (χ3n) is 5.97. The zero-order chi connectivity index (χ0) is 22.1. The summed E-state index contributed by atoms with van der Waals surface area (Å²) in [6.45, 7) is 4.63. The number of carbonyl (C=O) groups excluding carboxylic acids is 1. The van der Waals surface area contributed by atoms with Crippen LogP contribution in [0.15, 0.2) is 47.0 Å². The van der Waals surface area contributed by atoms with E-state index in [0.717, 1.165) is 16.3 Å². The van der Waals surface area contributed by atoms with Crippen molar-refractivity contribution in [1.29, 1.82) is 5.26 Å². The number of nitrogens with zero attached hydrogens (tertiary/aromatic N) is 3. The van der Waals surface area contributed by atoms with Crippen LogP contribution in [0.1, 0.15) is 29.0 Å². The van der Waals surface area contributed by atoms with E-state index in [9.17, 15) is 10.1 Å². The first-order valence-corrected chi connectivity index (χ1v) is 11.1. The third kappa shape index (κ3) is 3.84. The molecule has 1 saturated heterocycles. The van der Waals surface area contributed by atoms with Crippen LogP contribution in [0.5, 0.6) is 11.5 Å². The SMILES string of the molecule is COc1ccc([C@@H]2CC(=O)N3CN(c4ccc(C)c(C)c4)CSC3=C2C#N)c(OC)c1. The highest BCUT2D eigenvalue weighted by atomic mass is 32.2. The molecule has 2 aromatic carbocycles. The number of hydrogen-bond donors (Lipinski definition) is 0. The molecule has 1 atom stereocenters. The average Bonchev–Trinajstić information content (AvgIpc) is 2.80. The van der Waals surface area contributed by atoms with E-state index in [4.69, 9.17) is 9.47 Å². The molecule has 0 unspecified atom stereocenters. The Morgan fingerprint density at radius 3 is 2.58 bits per heavy atom. The maximum absolute atomic E-state index is 13.2. The largest absolute Gasteiger partial charge is 0.497 e. The van der Waals surface area contributed by atoms with Crippen LogP contribution in [0.25, 0.3) is 0 Å². The molecule has 0 N–H and O–H groups in total. The lowest BCUT2D eigenvalue weighted by atomic mass is 9.86. The van der Waals surface area contributed by atoms with E-state index in [0.29, 0.717) is 29.6 Å². The Bertz CT molecular complexity index is 1110. The summed E-state index contributed by atoms with van der Waals surface area (Å²) in [5.41, 5.74) is 4.99. The molecule has 160 valence electrons. The first-order chi connectivity index (χ1) is 15.0. The Hall–Kier alpha value is -3.11. The van der Waals surface area contributed by atoms with Crippen LogP contribution >= 0.6 is 11.8 Å². The molecule has 2 aliphatic rings. The average molecular weight is 436 g/mol. The molecular weight excluding hydrogens is 410 g/mol. The second-order valence-corrected chi connectivity index (χ2v) is 8.67. The Labute approximate surface area is 187 Å². The van der Waals surface area contributed by atoms with Gasteiger partial charge in [-0.1, -0.05) is 23.9 Å². The van der Waals surface area contributed by atoms with Crippen molar-refractivity contribution >= 4 is 23.4 Å². The van der Waals surface area contributed by atoms with Gasteiger partial charge in [-0.15, -0.1) is 0 Å². The van der Waals surface area contributed by atoms with Crippen molar-refractivity contribution in [3.05, 3.63) is 63.7 Å². The van der Waals surface area contributed by atoms with E-state index in [2.05, 4.69) is 43.0 Å². The van der Waals surface area contributed by atoms with E-state index < -0.39 is 0 Å². The molecule has 0 aliphatic carbocycles. The molecule has 2 aromatic rings. The summed E-state index contributed by atoms with van der Waals surface area (Å²) >= 11 is 1.54. The lowest BCUT2D eigenvalue weighted by Crippen LogP contribution is -2.47. The lowest BCUT2D eigenvalue weighted by molar-refractivity contribution is -0.129. The van der Waals surface area contributed by atoms with Crippen molar-refractivity contribution in [2.75, 3.05) is 31.7 Å². The molecular formula is C24H25N3O3S. The van der Waals surface area contributed by atoms with Crippen LogP contribution in [0.4, 0.5) is 5.69 Å². The van der Waals surface area contributed by atoms with Crippen molar-refractivity contribution < 1.29 is 14.3 Å². The number of anilines is 1. The van der Waals surface area contributed by atoms with Crippen LogP contribution in [0, 0.1) is 25.2 Å². The Morgan fingerprint density at radius 1 is 1.10 bits per heavy atom. The predicted molar refractivity (Wildman–Crippen MR) is 122 cm³/mol. The zero-order valence-electron chi connectivity index (χ0n) is 18.1. The van der Waals surface area contributed by atoms with Crippen LogP contribution in [-0.4, -0.2) is 37.6 Å². The van der Waals surface area contributed by atoms with Gasteiger partial charge in [0.2, 0.25) is 5.91 Å². The minimum atomic E-state index is -0.328. The van der Waals surface area contributed by atoms with E-state index in [1.807, 2.05) is 12.1 Å². The smallest absolute Gasteiger partial charge is 0.229 e. The van der Waals surface area contributed by atoms with Crippen LogP contribution in [0.2, 0.25) is 0 Å². The van der Waals surface area contributed by atoms with Gasteiger partial charge in [0.15, 0.2) is 0 Å². The summed E-state index contributed by atoms with van der Waals surface area (Å²) in [5, 5.41) is 10.8. The highest BCUT2D eigenvalue weighted by Gasteiger charge is 2.39. The third-order valence-corrected chi connectivity index (χ3v) is 7.12. The van der Waals surface area contributed by atoms with Crippen molar-refractivity contribution in [2.45, 2.75) is 26.2 Å². The quantitative estimate of drug-likeness (QED) is 0.703. The molecule has 2 aliphatic heterocycles. The highest BCUT2D eigenvalue weighted by molar-refractivity contribution is 8.03. The van der Waals surface area contributed by atoms with Gasteiger partial charge in [0.05, 0.1) is 43.4 Å². The molecule has 0 spiro atoms. The number of rotatable bonds is 4. The number of allylic oxidation sites excluding steroid dienone is 1. The maximum Gasteiger partial charge on any atom is 0.229 e. The number of nitriles is 1. The van der Waals surface area contributed by atoms with Crippen LogP contribution in [-0.2, 0) is 4.79 Å². The number of ether oxygens (including phenoxy) is 2. The van der Waals surface area contributed by atoms with Gasteiger partial charge in [0.25, 0.3) is 0 Å². The van der Waals surface area contributed by atoms with Gasteiger partial charge in [0, 0.05) is 29.7 Å². The van der Waals surface area contributed by atoms with Crippen molar-refractivity contribution in [2.24, 2.45) is 0 Å². The summed E-state index contributed by atoms with van der Waals surface area (Å²) in [6.07, 6.45) is 0.233. The molecule has 2 heterocycles. The Kier molecular flexibility index (Phi) is 5.84. The standard InChI is InChI=1S/C24H25N3O3S/c1-15-5-6-17(9-16(15)2)26-13-27-23(28)11-20(21(12-25)24(27)31-14-26)19-8-7-18(29-3)10-22(19)30-4/h5-10,20H,11,13-14H2,1-4H3/t20-/m0/s1. The zero-order valence-corrected chi connectivity index (χ0v) is 19.0. The second-order valence-electron chi connectivity index (χ2n) is 7.74. The van der Waals surface area contributed by atoms with Crippen molar-refractivity contribution in [1.82, 2.24) is 4.90 Å². The first kappa shape index (κ1) is 21.1. The number of benzene rings is 2. The fourth-order valence-electron chi connectivity index (χ4n) is 4.02. The monoisotopic (exact) mass is 435 g/mol. The summed E-state index contributed by atoms with van der Waals surface area (Å²) in [7, 11) is 3.18. The number of amides is 1. The van der Waals surface area contributed by atoms with E-state index >= 15 is 0 Å². The van der Waals surface area contributed by atoms with Crippen LogP contribution in [0.3, 0.4) is 0 Å². The van der Waals surface area contributed by atoms with Gasteiger partial charge in [-0.05, 0) is 43.2 Å². The molecule has 0 aromatic heterocycles. The fourth-order valence-corrected chi connectivity index (χ4v) is 5.19. The van der Waals surface area contributed by atoms with E-state index in [1.54, 1.807) is 25.2 Å². The number of aryl methyl sites for hydroxylation is 2. The molecule has 7 heteroatoms. The number of carbonyl (C=O) groups is 1. The van der Waals surface area contributed by atoms with Crippen molar-refractivity contribution in [3.8, 4) is 17.6 Å². The second kappa shape index (κ2) is 8.56. The number of hydrogen-bond acceptors (Lipinski definition) is 6. The van der Waals surface area contributed by atoms with Crippen molar-refractivity contribution in [3.63, 3.8) is 0 Å². The summed E-state index contributed by atoms with van der Waals surface area (Å²) in [5.74, 6) is 1.66. The Morgan fingerprint density at radius 2 is 1.90 bits per heavy atom. The number of fused-ring (bicyclic) bond motifs is 1. The summed E-state index contributed by atoms with van der Waals surface area (Å²) in [4.78, 5) is 17.1. The molecule has 1 fully saturated rings. The fraction of sp³-hybridized carbons (Fsp3) is 0.333. The first-order valence-electron chi connectivity index (χ1n) is 10.1. The normalized spacial score (nSPS) is 18.5. The van der Waals surface area contributed by atoms with Gasteiger partial charge in [-0.2, -0.15) is 5.26 Å². The molecule has 1 amide bonds. The Balaban J connectivity index is 1.68. The van der Waals surface area contributed by atoms with E-state index in [-0.39, 0.29) is 18.2 Å². The molecule has 4 rings (SSSR count).